The summed E-state index contributed by atoms with van der Waals surface area (Å²) in [6.07, 6.45) is 3.61. The summed E-state index contributed by atoms with van der Waals surface area (Å²) in [5.74, 6) is -0.646. The molecule has 0 spiro atoms. The van der Waals surface area contributed by atoms with Gasteiger partial charge in [-0.3, -0.25) is 10.0 Å². The third-order valence-corrected chi connectivity index (χ3v) is 6.86. The van der Waals surface area contributed by atoms with Crippen LogP contribution in [0.5, 0.6) is 0 Å². The number of piperazine rings is 1. The second kappa shape index (κ2) is 9.80. The smallest absolute Gasteiger partial charge is 0.267 e. The average Bonchev–Trinajstić information content (AvgIpc) is 2.77. The SMILES string of the molecule is O=C(C=Cc1ccc(S(=O)(=O)N2CCN(CCc3ccccc3)CC2)cc1)NO. The summed E-state index contributed by atoms with van der Waals surface area (Å²) in [5.41, 5.74) is 3.45. The molecular weight excluding hydrogens is 390 g/mol. The van der Waals surface area contributed by atoms with Crippen molar-refractivity contribution in [2.24, 2.45) is 0 Å². The van der Waals surface area contributed by atoms with Gasteiger partial charge in [-0.25, -0.2) is 13.9 Å². The van der Waals surface area contributed by atoms with Crippen molar-refractivity contribution in [2.45, 2.75) is 11.3 Å². The Bertz CT molecular complexity index is 936. The molecule has 1 aliphatic heterocycles. The van der Waals surface area contributed by atoms with Crippen LogP contribution in [0, 0.1) is 0 Å². The maximum atomic E-state index is 12.9. The van der Waals surface area contributed by atoms with Crippen molar-refractivity contribution >= 4 is 22.0 Å². The molecule has 7 nitrogen and oxygen atoms in total. The van der Waals surface area contributed by atoms with Crippen LogP contribution in [-0.4, -0.2) is 61.5 Å². The molecule has 2 aromatic rings. The van der Waals surface area contributed by atoms with E-state index in [1.165, 1.54) is 33.6 Å². The van der Waals surface area contributed by atoms with Gasteiger partial charge >= 0.3 is 0 Å². The van der Waals surface area contributed by atoms with E-state index in [-0.39, 0.29) is 4.90 Å². The van der Waals surface area contributed by atoms with Gasteiger partial charge in [-0.05, 0) is 35.8 Å². The highest BCUT2D eigenvalue weighted by molar-refractivity contribution is 7.89. The third-order valence-electron chi connectivity index (χ3n) is 4.95. The number of hydrogen-bond acceptors (Lipinski definition) is 5. The third kappa shape index (κ3) is 5.74. The maximum Gasteiger partial charge on any atom is 0.267 e. The Morgan fingerprint density at radius 1 is 1.00 bits per heavy atom. The number of carbonyl (C=O) groups is 1. The minimum atomic E-state index is -3.54. The molecule has 0 radical (unpaired) electrons. The van der Waals surface area contributed by atoms with E-state index in [0.717, 1.165) is 19.0 Å². The van der Waals surface area contributed by atoms with Gasteiger partial charge in [0.05, 0.1) is 4.90 Å². The van der Waals surface area contributed by atoms with Gasteiger partial charge in [-0.1, -0.05) is 42.5 Å². The van der Waals surface area contributed by atoms with Crippen molar-refractivity contribution < 1.29 is 18.4 Å². The van der Waals surface area contributed by atoms with Crippen molar-refractivity contribution in [3.8, 4) is 0 Å². The van der Waals surface area contributed by atoms with E-state index in [0.29, 0.717) is 31.7 Å². The Morgan fingerprint density at radius 2 is 1.66 bits per heavy atom. The minimum absolute atomic E-state index is 0.235. The highest BCUT2D eigenvalue weighted by Gasteiger charge is 2.28. The summed E-state index contributed by atoms with van der Waals surface area (Å²) >= 11 is 0. The van der Waals surface area contributed by atoms with E-state index in [4.69, 9.17) is 5.21 Å². The molecule has 1 aliphatic rings. The number of hydrogen-bond donors (Lipinski definition) is 2. The quantitative estimate of drug-likeness (QED) is 0.409. The van der Waals surface area contributed by atoms with E-state index in [2.05, 4.69) is 17.0 Å². The van der Waals surface area contributed by atoms with E-state index < -0.39 is 15.9 Å². The number of nitrogens with one attached hydrogen (secondary N) is 1. The molecule has 3 rings (SSSR count). The Labute approximate surface area is 171 Å². The zero-order valence-corrected chi connectivity index (χ0v) is 16.9. The van der Waals surface area contributed by atoms with E-state index in [9.17, 15) is 13.2 Å². The van der Waals surface area contributed by atoms with Crippen molar-refractivity contribution in [1.29, 1.82) is 0 Å². The molecule has 0 bridgehead atoms. The first kappa shape index (κ1) is 21.2. The highest BCUT2D eigenvalue weighted by Crippen LogP contribution is 2.19. The van der Waals surface area contributed by atoms with Gasteiger partial charge in [0.1, 0.15) is 0 Å². The lowest BCUT2D eigenvalue weighted by molar-refractivity contribution is -0.124. The van der Waals surface area contributed by atoms with E-state index in [1.54, 1.807) is 12.1 Å². The van der Waals surface area contributed by atoms with Gasteiger partial charge in [0.25, 0.3) is 5.91 Å². The molecule has 2 N–H and O–H groups in total. The molecule has 0 aromatic heterocycles. The predicted octanol–water partition coefficient (Wildman–Crippen LogP) is 1.75. The Kier molecular flexibility index (Phi) is 7.16. The maximum absolute atomic E-state index is 12.9. The molecular formula is C21H25N3O4S. The number of carbonyl (C=O) groups excluding carboxylic acids is 1. The second-order valence-corrected chi connectivity index (χ2v) is 8.80. The fraction of sp³-hybridized carbons (Fsp3) is 0.286. The van der Waals surface area contributed by atoms with Gasteiger partial charge in [0.2, 0.25) is 10.0 Å². The molecule has 1 heterocycles. The van der Waals surface area contributed by atoms with Gasteiger partial charge in [0, 0.05) is 38.8 Å². The summed E-state index contributed by atoms with van der Waals surface area (Å²) in [6, 6.07) is 16.6. The van der Waals surface area contributed by atoms with E-state index in [1.807, 2.05) is 18.2 Å². The lowest BCUT2D eigenvalue weighted by atomic mass is 10.1. The number of sulfonamides is 1. The van der Waals surface area contributed by atoms with Crippen molar-refractivity contribution in [1.82, 2.24) is 14.7 Å². The lowest BCUT2D eigenvalue weighted by Gasteiger charge is -2.34. The Morgan fingerprint density at radius 3 is 2.28 bits per heavy atom. The molecule has 0 unspecified atom stereocenters. The van der Waals surface area contributed by atoms with Crippen LogP contribution < -0.4 is 5.48 Å². The molecule has 1 saturated heterocycles. The van der Waals surface area contributed by atoms with Gasteiger partial charge in [-0.15, -0.1) is 0 Å². The van der Waals surface area contributed by atoms with Crippen molar-refractivity contribution in [3.63, 3.8) is 0 Å². The largest absolute Gasteiger partial charge is 0.300 e. The van der Waals surface area contributed by atoms with Crippen LogP contribution >= 0.6 is 0 Å². The average molecular weight is 416 g/mol. The zero-order valence-electron chi connectivity index (χ0n) is 16.1. The van der Waals surface area contributed by atoms with Crippen LogP contribution in [0.4, 0.5) is 0 Å². The molecule has 29 heavy (non-hydrogen) atoms. The number of hydroxylamine groups is 1. The fourth-order valence-corrected chi connectivity index (χ4v) is 4.66. The summed E-state index contributed by atoms with van der Waals surface area (Å²) in [4.78, 5) is 13.5. The van der Waals surface area contributed by atoms with Gasteiger partial charge in [0.15, 0.2) is 0 Å². The second-order valence-electron chi connectivity index (χ2n) is 6.86. The minimum Gasteiger partial charge on any atom is -0.300 e. The molecule has 1 amide bonds. The molecule has 154 valence electrons. The number of rotatable bonds is 7. The zero-order chi connectivity index (χ0) is 20.7. The number of amides is 1. The van der Waals surface area contributed by atoms with Crippen molar-refractivity contribution in [3.05, 3.63) is 71.8 Å². The summed E-state index contributed by atoms with van der Waals surface area (Å²) < 4.78 is 27.3. The molecule has 0 saturated carbocycles. The Balaban J connectivity index is 1.55. The van der Waals surface area contributed by atoms with Crippen LogP contribution in [0.15, 0.2) is 65.6 Å². The number of nitrogens with zero attached hydrogens (tertiary/aromatic N) is 2. The van der Waals surface area contributed by atoms with Gasteiger partial charge in [-0.2, -0.15) is 4.31 Å². The van der Waals surface area contributed by atoms with Crippen LogP contribution in [-0.2, 0) is 21.2 Å². The first-order chi connectivity index (χ1) is 14.0. The van der Waals surface area contributed by atoms with Crippen LogP contribution in [0.2, 0.25) is 0 Å². The highest BCUT2D eigenvalue weighted by atomic mass is 32.2. The topological polar surface area (TPSA) is 90.0 Å². The summed E-state index contributed by atoms with van der Waals surface area (Å²) in [7, 11) is -3.54. The summed E-state index contributed by atoms with van der Waals surface area (Å²) in [6.45, 7) is 3.28. The molecule has 2 aromatic carbocycles. The predicted molar refractivity (Wildman–Crippen MR) is 111 cm³/mol. The standard InChI is InChI=1S/C21H25N3O4S/c25-21(22-26)11-8-19-6-9-20(10-7-19)29(27,28)24-16-14-23(15-17-24)13-12-18-4-2-1-3-5-18/h1-11,26H,12-17H2,(H,22,25). The first-order valence-electron chi connectivity index (χ1n) is 9.48. The van der Waals surface area contributed by atoms with Crippen molar-refractivity contribution in [2.75, 3.05) is 32.7 Å². The molecule has 0 atom stereocenters. The molecule has 8 heteroatoms. The molecule has 1 fully saturated rings. The monoisotopic (exact) mass is 415 g/mol. The van der Waals surface area contributed by atoms with E-state index >= 15 is 0 Å². The van der Waals surface area contributed by atoms with Crippen LogP contribution in [0.25, 0.3) is 6.08 Å². The summed E-state index contributed by atoms with van der Waals surface area (Å²) in [5, 5.41) is 8.48. The normalized spacial score (nSPS) is 16.2. The van der Waals surface area contributed by atoms with Crippen LogP contribution in [0.1, 0.15) is 11.1 Å². The Hall–Kier alpha value is -2.52. The lowest BCUT2D eigenvalue weighted by Crippen LogP contribution is -2.48. The number of benzene rings is 2. The first-order valence-corrected chi connectivity index (χ1v) is 10.9. The molecule has 0 aliphatic carbocycles. The fourth-order valence-electron chi connectivity index (χ4n) is 3.23. The van der Waals surface area contributed by atoms with Gasteiger partial charge < -0.3 is 4.90 Å². The van der Waals surface area contributed by atoms with Crippen LogP contribution in [0.3, 0.4) is 0 Å².